The summed E-state index contributed by atoms with van der Waals surface area (Å²) in [6.07, 6.45) is 3.18. The molecule has 1 atom stereocenters. The Kier molecular flexibility index (Phi) is 2.99. The fourth-order valence-electron chi connectivity index (χ4n) is 1.91. The van der Waals surface area contributed by atoms with Crippen LogP contribution in [0.1, 0.15) is 33.1 Å². The van der Waals surface area contributed by atoms with Gasteiger partial charge in [0.25, 0.3) is 0 Å². The van der Waals surface area contributed by atoms with Crippen molar-refractivity contribution < 1.29 is 12.6 Å². The van der Waals surface area contributed by atoms with E-state index in [2.05, 4.69) is 18.0 Å². The first-order valence-electron chi connectivity index (χ1n) is 4.46. The third kappa shape index (κ3) is 4.06. The summed E-state index contributed by atoms with van der Waals surface area (Å²) in [6, 6.07) is 0. The predicted octanol–water partition coefficient (Wildman–Crippen LogP) is 1.03. The summed E-state index contributed by atoms with van der Waals surface area (Å²) in [5.74, 6) is 0.341. The zero-order valence-corrected chi connectivity index (χ0v) is 8.93. The van der Waals surface area contributed by atoms with Gasteiger partial charge < -0.3 is 0 Å². The Morgan fingerprint density at radius 1 is 1.54 bits per heavy atom. The van der Waals surface area contributed by atoms with Gasteiger partial charge in [-0.15, -0.1) is 0 Å². The van der Waals surface area contributed by atoms with E-state index in [1.807, 2.05) is 0 Å². The van der Waals surface area contributed by atoms with Gasteiger partial charge in [0.2, 0.25) is 0 Å². The summed E-state index contributed by atoms with van der Waals surface area (Å²) in [6.45, 7) is 4.61. The number of rotatable bonds is 3. The molecule has 4 nitrogen and oxygen atoms in total. The molecule has 0 aromatic carbocycles. The van der Waals surface area contributed by atoms with Gasteiger partial charge in [-0.3, -0.25) is 4.18 Å². The molecular weight excluding hydrogens is 190 g/mol. The molecule has 0 bridgehead atoms. The largest absolute Gasteiger partial charge is 0.333 e. The second kappa shape index (κ2) is 3.55. The summed E-state index contributed by atoms with van der Waals surface area (Å²) >= 11 is 0. The van der Waals surface area contributed by atoms with Gasteiger partial charge in [-0.25, -0.2) is 5.14 Å². The lowest BCUT2D eigenvalue weighted by Crippen LogP contribution is -2.20. The van der Waals surface area contributed by atoms with Crippen LogP contribution in [-0.2, 0) is 14.5 Å². The third-order valence-electron chi connectivity index (χ3n) is 2.54. The quantitative estimate of drug-likeness (QED) is 0.751. The number of hydrogen-bond acceptors (Lipinski definition) is 3. The Morgan fingerprint density at radius 3 is 2.54 bits per heavy atom. The molecule has 2 N–H and O–H groups in total. The molecule has 5 heteroatoms. The molecule has 0 spiro atoms. The molecular formula is C8H17NO3S. The molecule has 1 aliphatic rings. The monoisotopic (exact) mass is 207 g/mol. The Bertz CT molecular complexity index is 271. The molecule has 78 valence electrons. The van der Waals surface area contributed by atoms with E-state index >= 15 is 0 Å². The Balaban J connectivity index is 2.34. The van der Waals surface area contributed by atoms with E-state index in [0.717, 1.165) is 19.3 Å². The SMILES string of the molecule is CC1(C)CCC(COS(N)(=O)=O)C1. The van der Waals surface area contributed by atoms with Crippen molar-refractivity contribution in [2.45, 2.75) is 33.1 Å². The summed E-state index contributed by atoms with van der Waals surface area (Å²) in [4.78, 5) is 0. The van der Waals surface area contributed by atoms with Crippen molar-refractivity contribution in [3.05, 3.63) is 0 Å². The molecule has 13 heavy (non-hydrogen) atoms. The molecule has 0 radical (unpaired) electrons. The fourth-order valence-corrected chi connectivity index (χ4v) is 2.30. The van der Waals surface area contributed by atoms with Crippen molar-refractivity contribution in [2.24, 2.45) is 16.5 Å². The van der Waals surface area contributed by atoms with Gasteiger partial charge in [0.1, 0.15) is 0 Å². The molecule has 1 rings (SSSR count). The minimum absolute atomic E-state index is 0.238. The van der Waals surface area contributed by atoms with Gasteiger partial charge in [-0.05, 0) is 30.6 Å². The average molecular weight is 207 g/mol. The van der Waals surface area contributed by atoms with Crippen LogP contribution in [-0.4, -0.2) is 15.0 Å². The second-order valence-corrected chi connectivity index (χ2v) is 5.77. The average Bonchev–Trinajstić information content (AvgIpc) is 2.24. The molecule has 1 aliphatic carbocycles. The van der Waals surface area contributed by atoms with E-state index in [1.54, 1.807) is 0 Å². The third-order valence-corrected chi connectivity index (χ3v) is 3.00. The van der Waals surface area contributed by atoms with Crippen molar-refractivity contribution in [3.8, 4) is 0 Å². The van der Waals surface area contributed by atoms with Gasteiger partial charge in [0, 0.05) is 0 Å². The van der Waals surface area contributed by atoms with E-state index in [4.69, 9.17) is 5.14 Å². The highest BCUT2D eigenvalue weighted by Crippen LogP contribution is 2.40. The maximum absolute atomic E-state index is 10.5. The molecule has 1 unspecified atom stereocenters. The van der Waals surface area contributed by atoms with E-state index in [9.17, 15) is 8.42 Å². The molecule has 0 aliphatic heterocycles. The lowest BCUT2D eigenvalue weighted by atomic mass is 9.91. The predicted molar refractivity (Wildman–Crippen MR) is 50.2 cm³/mol. The lowest BCUT2D eigenvalue weighted by molar-refractivity contribution is 0.243. The van der Waals surface area contributed by atoms with E-state index in [-0.39, 0.29) is 6.61 Å². The van der Waals surface area contributed by atoms with Crippen LogP contribution >= 0.6 is 0 Å². The first-order chi connectivity index (χ1) is 5.79. The van der Waals surface area contributed by atoms with Crippen molar-refractivity contribution in [1.29, 1.82) is 0 Å². The van der Waals surface area contributed by atoms with Gasteiger partial charge >= 0.3 is 10.3 Å². The molecule has 1 fully saturated rings. The molecule has 0 saturated heterocycles. The normalized spacial score (nSPS) is 27.8. The second-order valence-electron chi connectivity index (χ2n) is 4.55. The molecule has 0 aromatic rings. The van der Waals surface area contributed by atoms with E-state index in [1.165, 1.54) is 0 Å². The van der Waals surface area contributed by atoms with Crippen LogP contribution in [0.15, 0.2) is 0 Å². The van der Waals surface area contributed by atoms with E-state index < -0.39 is 10.3 Å². The van der Waals surface area contributed by atoms with Crippen LogP contribution in [0, 0.1) is 11.3 Å². The Labute approximate surface area is 79.7 Å². The Morgan fingerprint density at radius 2 is 2.15 bits per heavy atom. The van der Waals surface area contributed by atoms with Gasteiger partial charge in [0.05, 0.1) is 6.61 Å². The highest BCUT2D eigenvalue weighted by atomic mass is 32.2. The number of nitrogens with two attached hydrogens (primary N) is 1. The van der Waals surface area contributed by atoms with Crippen LogP contribution in [0.3, 0.4) is 0 Å². The zero-order valence-electron chi connectivity index (χ0n) is 8.12. The van der Waals surface area contributed by atoms with Gasteiger partial charge in [-0.2, -0.15) is 8.42 Å². The summed E-state index contributed by atoms with van der Waals surface area (Å²) in [7, 11) is -3.75. The first-order valence-corrected chi connectivity index (χ1v) is 5.93. The standard InChI is InChI=1S/C8H17NO3S/c1-8(2)4-3-7(5-8)6-12-13(9,10)11/h7H,3-6H2,1-2H3,(H2,9,10,11). The van der Waals surface area contributed by atoms with Crippen LogP contribution in [0.5, 0.6) is 0 Å². The van der Waals surface area contributed by atoms with Crippen molar-refractivity contribution in [1.82, 2.24) is 0 Å². The molecule has 0 heterocycles. The maximum Gasteiger partial charge on any atom is 0.333 e. The van der Waals surface area contributed by atoms with Crippen molar-refractivity contribution in [2.75, 3.05) is 6.61 Å². The van der Waals surface area contributed by atoms with Crippen molar-refractivity contribution in [3.63, 3.8) is 0 Å². The first kappa shape index (κ1) is 10.9. The fraction of sp³-hybridized carbons (Fsp3) is 1.00. The lowest BCUT2D eigenvalue weighted by Gasteiger charge is -2.16. The molecule has 1 saturated carbocycles. The summed E-state index contributed by atoms with van der Waals surface area (Å²) in [5.41, 5.74) is 0.326. The minimum atomic E-state index is -3.75. The highest BCUT2D eigenvalue weighted by molar-refractivity contribution is 7.84. The van der Waals surface area contributed by atoms with Crippen LogP contribution in [0.4, 0.5) is 0 Å². The smallest absolute Gasteiger partial charge is 0.258 e. The van der Waals surface area contributed by atoms with Gasteiger partial charge in [-0.1, -0.05) is 13.8 Å². The zero-order chi connectivity index (χ0) is 10.1. The summed E-state index contributed by atoms with van der Waals surface area (Å²) in [5, 5.41) is 4.73. The highest BCUT2D eigenvalue weighted by Gasteiger charge is 2.31. The molecule has 0 amide bonds. The van der Waals surface area contributed by atoms with Crippen LogP contribution in [0.25, 0.3) is 0 Å². The van der Waals surface area contributed by atoms with E-state index in [0.29, 0.717) is 11.3 Å². The Hall–Kier alpha value is -0.130. The summed E-state index contributed by atoms with van der Waals surface area (Å²) < 4.78 is 25.6. The minimum Gasteiger partial charge on any atom is -0.258 e. The topological polar surface area (TPSA) is 69.4 Å². The van der Waals surface area contributed by atoms with Gasteiger partial charge in [0.15, 0.2) is 0 Å². The maximum atomic E-state index is 10.5. The van der Waals surface area contributed by atoms with Crippen molar-refractivity contribution >= 4 is 10.3 Å². The van der Waals surface area contributed by atoms with Crippen LogP contribution in [0.2, 0.25) is 0 Å². The van der Waals surface area contributed by atoms with Crippen LogP contribution < -0.4 is 5.14 Å². The number of hydrogen-bond donors (Lipinski definition) is 1. The molecule has 0 aromatic heterocycles.